The van der Waals surface area contributed by atoms with Gasteiger partial charge in [0.2, 0.25) is 0 Å². The van der Waals surface area contributed by atoms with Crippen molar-refractivity contribution in [2.24, 2.45) is 7.05 Å². The highest BCUT2D eigenvalue weighted by Crippen LogP contribution is 2.19. The number of carbonyl (C=O) groups is 1. The van der Waals surface area contributed by atoms with E-state index in [9.17, 15) is 18.0 Å². The van der Waals surface area contributed by atoms with Crippen LogP contribution in [-0.2, 0) is 13.6 Å². The Labute approximate surface area is 137 Å². The third kappa shape index (κ3) is 4.50. The molecule has 0 aliphatic carbocycles. The number of alkyl halides is 3. The second kappa shape index (κ2) is 6.94. The van der Waals surface area contributed by atoms with Crippen molar-refractivity contribution < 1.29 is 22.7 Å². The van der Waals surface area contributed by atoms with Crippen LogP contribution in [0, 0.1) is 13.8 Å². The summed E-state index contributed by atoms with van der Waals surface area (Å²) in [5.41, 5.74) is 2.51. The van der Waals surface area contributed by atoms with Gasteiger partial charge in [-0.25, -0.2) is 0 Å². The molecule has 0 spiro atoms. The van der Waals surface area contributed by atoms with Crippen LogP contribution in [0.2, 0.25) is 0 Å². The molecule has 5 nitrogen and oxygen atoms in total. The monoisotopic (exact) mass is 341 g/mol. The number of halogens is 3. The van der Waals surface area contributed by atoms with Crippen molar-refractivity contribution in [2.75, 3.05) is 6.61 Å². The summed E-state index contributed by atoms with van der Waals surface area (Å²) < 4.78 is 42.8. The van der Waals surface area contributed by atoms with Crippen molar-refractivity contribution in [3.63, 3.8) is 0 Å². The number of nitrogens with one attached hydrogen (secondary N) is 1. The first-order valence-electron chi connectivity index (χ1n) is 7.24. The van der Waals surface area contributed by atoms with Crippen LogP contribution in [-0.4, -0.2) is 28.5 Å². The van der Waals surface area contributed by atoms with E-state index in [0.717, 1.165) is 5.69 Å². The fraction of sp³-hybridized carbons (Fsp3) is 0.375. The molecule has 1 amide bonds. The lowest BCUT2D eigenvalue weighted by Gasteiger charge is -2.11. The van der Waals surface area contributed by atoms with Gasteiger partial charge in [-0.3, -0.25) is 9.48 Å². The van der Waals surface area contributed by atoms with Crippen LogP contribution >= 0.6 is 0 Å². The second-order valence-electron chi connectivity index (χ2n) is 5.40. The Morgan fingerprint density at radius 3 is 2.62 bits per heavy atom. The van der Waals surface area contributed by atoms with E-state index in [1.165, 1.54) is 12.1 Å². The Hall–Kier alpha value is -2.51. The predicted octanol–water partition coefficient (Wildman–Crippen LogP) is 2.91. The molecule has 0 unspecified atom stereocenters. The van der Waals surface area contributed by atoms with E-state index in [2.05, 4.69) is 10.4 Å². The first-order chi connectivity index (χ1) is 11.2. The number of ether oxygens (including phenoxy) is 1. The average molecular weight is 341 g/mol. The molecular weight excluding hydrogens is 323 g/mol. The van der Waals surface area contributed by atoms with E-state index in [1.807, 2.05) is 0 Å². The zero-order valence-corrected chi connectivity index (χ0v) is 13.6. The van der Waals surface area contributed by atoms with Gasteiger partial charge in [-0.15, -0.1) is 0 Å². The number of hydrogen-bond donors (Lipinski definition) is 1. The number of aromatic nitrogens is 2. The molecule has 0 saturated heterocycles. The molecule has 1 N–H and O–H groups in total. The number of amides is 1. The highest BCUT2D eigenvalue weighted by Gasteiger charge is 2.28. The van der Waals surface area contributed by atoms with Crippen LogP contribution < -0.4 is 10.1 Å². The van der Waals surface area contributed by atoms with Gasteiger partial charge in [-0.05, 0) is 31.5 Å². The fourth-order valence-corrected chi connectivity index (χ4v) is 2.28. The van der Waals surface area contributed by atoms with Crippen molar-refractivity contribution in [3.8, 4) is 5.75 Å². The lowest BCUT2D eigenvalue weighted by molar-refractivity contribution is -0.153. The molecule has 1 aromatic heterocycles. The molecule has 8 heteroatoms. The molecular formula is C16H18F3N3O2. The summed E-state index contributed by atoms with van der Waals surface area (Å²) in [5.74, 6) is -0.174. The Balaban J connectivity index is 2.00. The zero-order valence-electron chi connectivity index (χ0n) is 13.6. The molecule has 130 valence electrons. The maximum Gasteiger partial charge on any atom is 0.422 e. The van der Waals surface area contributed by atoms with E-state index in [-0.39, 0.29) is 18.2 Å². The summed E-state index contributed by atoms with van der Waals surface area (Å²) in [5, 5.41) is 6.92. The Morgan fingerprint density at radius 1 is 1.33 bits per heavy atom. The van der Waals surface area contributed by atoms with Gasteiger partial charge >= 0.3 is 6.18 Å². The minimum Gasteiger partial charge on any atom is -0.484 e. The molecule has 0 atom stereocenters. The molecule has 1 heterocycles. The highest BCUT2D eigenvalue weighted by molar-refractivity contribution is 5.96. The maximum absolute atomic E-state index is 12.3. The van der Waals surface area contributed by atoms with Crippen LogP contribution in [0.5, 0.6) is 5.75 Å². The Kier molecular flexibility index (Phi) is 5.16. The highest BCUT2D eigenvalue weighted by atomic mass is 19.4. The van der Waals surface area contributed by atoms with Gasteiger partial charge in [0, 0.05) is 19.3 Å². The molecule has 2 rings (SSSR count). The van der Waals surface area contributed by atoms with Crippen LogP contribution in [0.1, 0.15) is 27.3 Å². The van der Waals surface area contributed by atoms with Gasteiger partial charge in [0.25, 0.3) is 5.91 Å². The molecule has 24 heavy (non-hydrogen) atoms. The fourth-order valence-electron chi connectivity index (χ4n) is 2.28. The molecule has 1 aromatic carbocycles. The van der Waals surface area contributed by atoms with Crippen molar-refractivity contribution >= 4 is 5.91 Å². The van der Waals surface area contributed by atoms with Gasteiger partial charge in [-0.2, -0.15) is 18.3 Å². The van der Waals surface area contributed by atoms with Crippen molar-refractivity contribution in [1.82, 2.24) is 15.1 Å². The van der Waals surface area contributed by atoms with Gasteiger partial charge in [0.05, 0.1) is 11.3 Å². The topological polar surface area (TPSA) is 56.2 Å². The Bertz CT molecular complexity index is 739. The lowest BCUT2D eigenvalue weighted by atomic mass is 10.1. The number of hydrogen-bond acceptors (Lipinski definition) is 3. The number of rotatable bonds is 5. The SMILES string of the molecule is Cc1nn(C)c(C)c1C(=O)NCc1cccc(OCC(F)(F)F)c1. The largest absolute Gasteiger partial charge is 0.484 e. The molecule has 0 aliphatic rings. The van der Waals surface area contributed by atoms with Crippen molar-refractivity contribution in [2.45, 2.75) is 26.6 Å². The molecule has 0 saturated carbocycles. The third-order valence-electron chi connectivity index (χ3n) is 3.49. The quantitative estimate of drug-likeness (QED) is 0.910. The summed E-state index contributed by atoms with van der Waals surface area (Å²) in [6, 6.07) is 6.18. The predicted molar refractivity (Wildman–Crippen MR) is 81.8 cm³/mol. The molecule has 0 aliphatic heterocycles. The summed E-state index contributed by atoms with van der Waals surface area (Å²) in [7, 11) is 1.75. The number of carbonyl (C=O) groups excluding carboxylic acids is 1. The zero-order chi connectivity index (χ0) is 17.9. The summed E-state index contributed by atoms with van der Waals surface area (Å²) in [4.78, 5) is 12.3. The van der Waals surface area contributed by atoms with Gasteiger partial charge in [0.15, 0.2) is 6.61 Å². The van der Waals surface area contributed by atoms with Crippen molar-refractivity contribution in [3.05, 3.63) is 46.8 Å². The maximum atomic E-state index is 12.3. The molecule has 0 radical (unpaired) electrons. The van der Waals surface area contributed by atoms with E-state index in [1.54, 1.807) is 37.7 Å². The Morgan fingerprint density at radius 2 is 2.04 bits per heavy atom. The minimum atomic E-state index is -4.39. The normalized spacial score (nSPS) is 11.4. The van der Waals surface area contributed by atoms with Crippen molar-refractivity contribution in [1.29, 1.82) is 0 Å². The summed E-state index contributed by atoms with van der Waals surface area (Å²) in [6.07, 6.45) is -4.39. The van der Waals surface area contributed by atoms with E-state index < -0.39 is 12.8 Å². The minimum absolute atomic E-state index is 0.104. The molecule has 0 fully saturated rings. The summed E-state index contributed by atoms with van der Waals surface area (Å²) in [6.45, 7) is 2.36. The first kappa shape index (κ1) is 17.8. The third-order valence-corrected chi connectivity index (χ3v) is 3.49. The standard InChI is InChI=1S/C16H18F3N3O2/c1-10-14(11(2)22(3)21-10)15(23)20-8-12-5-4-6-13(7-12)24-9-16(17,18)19/h4-7H,8-9H2,1-3H3,(H,20,23). The summed E-state index contributed by atoms with van der Waals surface area (Å²) >= 11 is 0. The smallest absolute Gasteiger partial charge is 0.422 e. The van der Waals surface area contributed by atoms with E-state index in [0.29, 0.717) is 16.8 Å². The van der Waals surface area contributed by atoms with Crippen LogP contribution in [0.4, 0.5) is 13.2 Å². The van der Waals surface area contributed by atoms with Gasteiger partial charge < -0.3 is 10.1 Å². The van der Waals surface area contributed by atoms with Gasteiger partial charge in [0.1, 0.15) is 5.75 Å². The molecule has 0 bridgehead atoms. The van der Waals surface area contributed by atoms with E-state index in [4.69, 9.17) is 4.74 Å². The second-order valence-corrected chi connectivity index (χ2v) is 5.40. The average Bonchev–Trinajstić information content (AvgIpc) is 2.75. The number of nitrogens with zero attached hydrogens (tertiary/aromatic N) is 2. The lowest BCUT2D eigenvalue weighted by Crippen LogP contribution is -2.24. The van der Waals surface area contributed by atoms with E-state index >= 15 is 0 Å². The van der Waals surface area contributed by atoms with Gasteiger partial charge in [-0.1, -0.05) is 12.1 Å². The van der Waals surface area contributed by atoms with Crippen LogP contribution in [0.25, 0.3) is 0 Å². The van der Waals surface area contributed by atoms with Crippen LogP contribution in [0.15, 0.2) is 24.3 Å². The molecule has 2 aromatic rings. The first-order valence-corrected chi connectivity index (χ1v) is 7.24. The number of benzene rings is 1. The number of aryl methyl sites for hydroxylation is 2. The van der Waals surface area contributed by atoms with Crippen LogP contribution in [0.3, 0.4) is 0 Å².